The lowest BCUT2D eigenvalue weighted by Gasteiger charge is -2.13. The maximum Gasteiger partial charge on any atom is 0.261 e. The molecule has 2 aromatic carbocycles. The Hall–Kier alpha value is -2.18. The molecular formula is C19H16BrClN2O3. The highest BCUT2D eigenvalue weighted by Crippen LogP contribution is 2.26. The van der Waals surface area contributed by atoms with Gasteiger partial charge in [0, 0.05) is 29.0 Å². The number of benzene rings is 2. The second-order valence-corrected chi connectivity index (χ2v) is 7.25. The van der Waals surface area contributed by atoms with E-state index < -0.39 is 0 Å². The maximum atomic E-state index is 12.4. The van der Waals surface area contributed by atoms with Gasteiger partial charge in [-0.15, -0.1) is 0 Å². The fourth-order valence-electron chi connectivity index (χ4n) is 2.79. The average molecular weight is 436 g/mol. The van der Waals surface area contributed by atoms with Crippen molar-refractivity contribution in [1.82, 2.24) is 10.2 Å². The van der Waals surface area contributed by atoms with Gasteiger partial charge in [0.2, 0.25) is 5.91 Å². The first kappa shape index (κ1) is 18.6. The zero-order chi connectivity index (χ0) is 18.7. The Kier molecular flexibility index (Phi) is 5.74. The van der Waals surface area contributed by atoms with Gasteiger partial charge in [-0.1, -0.05) is 45.7 Å². The zero-order valence-corrected chi connectivity index (χ0v) is 16.1. The van der Waals surface area contributed by atoms with Gasteiger partial charge < -0.3 is 5.32 Å². The Balaban J connectivity index is 1.49. The Morgan fingerprint density at radius 1 is 1.08 bits per heavy atom. The number of halogens is 2. The van der Waals surface area contributed by atoms with Crippen molar-refractivity contribution >= 4 is 45.3 Å². The molecule has 3 amide bonds. The van der Waals surface area contributed by atoms with Gasteiger partial charge >= 0.3 is 0 Å². The van der Waals surface area contributed by atoms with Gasteiger partial charge in [-0.3, -0.25) is 19.3 Å². The molecular weight excluding hydrogens is 420 g/mol. The summed E-state index contributed by atoms with van der Waals surface area (Å²) in [6.07, 6.45) is 0.628. The zero-order valence-electron chi connectivity index (χ0n) is 13.8. The van der Waals surface area contributed by atoms with Crippen molar-refractivity contribution < 1.29 is 14.4 Å². The second kappa shape index (κ2) is 8.01. The number of amides is 3. The molecule has 7 heteroatoms. The number of hydrogen-bond acceptors (Lipinski definition) is 3. The van der Waals surface area contributed by atoms with Crippen LogP contribution in [0.15, 0.2) is 46.9 Å². The van der Waals surface area contributed by atoms with Crippen LogP contribution in [0.5, 0.6) is 0 Å². The Morgan fingerprint density at radius 2 is 1.81 bits per heavy atom. The Bertz CT molecular complexity index is 885. The molecule has 0 atom stereocenters. The highest BCUT2D eigenvalue weighted by Gasteiger charge is 2.35. The van der Waals surface area contributed by atoms with Gasteiger partial charge in [0.25, 0.3) is 11.8 Å². The van der Waals surface area contributed by atoms with E-state index in [1.165, 1.54) is 4.90 Å². The molecule has 0 aromatic heterocycles. The van der Waals surface area contributed by atoms with E-state index >= 15 is 0 Å². The molecule has 134 valence electrons. The van der Waals surface area contributed by atoms with E-state index in [1.54, 1.807) is 24.3 Å². The number of nitrogens with zero attached hydrogens (tertiary/aromatic N) is 1. The molecule has 2 aromatic rings. The van der Waals surface area contributed by atoms with Gasteiger partial charge in [0.05, 0.1) is 11.1 Å². The third-order valence-corrected chi connectivity index (χ3v) is 5.01. The first-order valence-corrected chi connectivity index (χ1v) is 9.30. The first-order valence-electron chi connectivity index (χ1n) is 8.13. The Morgan fingerprint density at radius 3 is 2.58 bits per heavy atom. The fourth-order valence-corrected chi connectivity index (χ4v) is 3.35. The van der Waals surface area contributed by atoms with Crippen LogP contribution in [0.25, 0.3) is 0 Å². The van der Waals surface area contributed by atoms with E-state index in [-0.39, 0.29) is 30.7 Å². The van der Waals surface area contributed by atoms with Gasteiger partial charge in [-0.25, -0.2) is 0 Å². The first-order chi connectivity index (χ1) is 12.5. The lowest BCUT2D eigenvalue weighted by atomic mass is 10.1. The lowest BCUT2D eigenvalue weighted by Crippen LogP contribution is -2.32. The van der Waals surface area contributed by atoms with Crippen LogP contribution in [0.4, 0.5) is 0 Å². The third-order valence-electron chi connectivity index (χ3n) is 4.15. The summed E-state index contributed by atoms with van der Waals surface area (Å²) in [5.74, 6) is -0.777. The number of fused-ring (bicyclic) bond motifs is 1. The predicted octanol–water partition coefficient (Wildman–Crippen LogP) is 3.80. The number of carbonyl (C=O) groups excluding carboxylic acids is 3. The van der Waals surface area contributed by atoms with E-state index in [9.17, 15) is 14.4 Å². The fraction of sp³-hybridized carbons (Fsp3) is 0.211. The molecule has 1 aliphatic rings. The van der Waals surface area contributed by atoms with Crippen molar-refractivity contribution in [2.24, 2.45) is 0 Å². The summed E-state index contributed by atoms with van der Waals surface area (Å²) >= 11 is 9.35. The molecule has 0 spiro atoms. The smallest absolute Gasteiger partial charge is 0.261 e. The SMILES string of the molecule is O=C(CCCN1C(=O)c2ccc(Br)cc2C1=O)NCc1ccccc1Cl. The molecule has 0 unspecified atom stereocenters. The normalized spacial score (nSPS) is 13.1. The van der Waals surface area contributed by atoms with Crippen molar-refractivity contribution in [3.63, 3.8) is 0 Å². The number of imide groups is 1. The molecule has 0 radical (unpaired) electrons. The van der Waals surface area contributed by atoms with E-state index in [2.05, 4.69) is 21.2 Å². The summed E-state index contributed by atoms with van der Waals surface area (Å²) in [6.45, 7) is 0.559. The molecule has 0 saturated carbocycles. The van der Waals surface area contributed by atoms with Crippen LogP contribution in [0.3, 0.4) is 0 Å². The van der Waals surface area contributed by atoms with Crippen LogP contribution in [-0.4, -0.2) is 29.2 Å². The van der Waals surface area contributed by atoms with Crippen LogP contribution in [-0.2, 0) is 11.3 Å². The number of hydrogen-bond donors (Lipinski definition) is 1. The molecule has 1 N–H and O–H groups in total. The minimum atomic E-state index is -0.317. The third kappa shape index (κ3) is 3.97. The highest BCUT2D eigenvalue weighted by atomic mass is 79.9. The van der Waals surface area contributed by atoms with Crippen LogP contribution in [0.2, 0.25) is 5.02 Å². The van der Waals surface area contributed by atoms with Crippen LogP contribution < -0.4 is 5.32 Å². The monoisotopic (exact) mass is 434 g/mol. The van der Waals surface area contributed by atoms with E-state index in [0.29, 0.717) is 29.1 Å². The van der Waals surface area contributed by atoms with E-state index in [0.717, 1.165) is 10.0 Å². The van der Waals surface area contributed by atoms with Crippen LogP contribution in [0.1, 0.15) is 39.1 Å². The van der Waals surface area contributed by atoms with Gasteiger partial charge in [0.15, 0.2) is 0 Å². The molecule has 5 nitrogen and oxygen atoms in total. The summed E-state index contributed by atoms with van der Waals surface area (Å²) in [4.78, 5) is 37.8. The molecule has 0 fully saturated rings. The number of carbonyl (C=O) groups is 3. The van der Waals surface area contributed by atoms with E-state index in [4.69, 9.17) is 11.6 Å². The topological polar surface area (TPSA) is 66.5 Å². The quantitative estimate of drug-likeness (QED) is 0.702. The van der Waals surface area contributed by atoms with E-state index in [1.807, 2.05) is 18.2 Å². The lowest BCUT2D eigenvalue weighted by molar-refractivity contribution is -0.121. The summed E-state index contributed by atoms with van der Waals surface area (Å²) in [5.41, 5.74) is 1.64. The second-order valence-electron chi connectivity index (χ2n) is 5.92. The standard InChI is InChI=1S/C19H16BrClN2O3/c20-13-7-8-14-15(10-13)19(26)23(18(14)25)9-3-6-17(24)22-11-12-4-1-2-5-16(12)21/h1-2,4-5,7-8,10H,3,6,9,11H2,(H,22,24). The highest BCUT2D eigenvalue weighted by molar-refractivity contribution is 9.10. The molecule has 0 bridgehead atoms. The molecule has 26 heavy (non-hydrogen) atoms. The minimum absolute atomic E-state index is 0.149. The number of nitrogens with one attached hydrogen (secondary N) is 1. The maximum absolute atomic E-state index is 12.4. The van der Waals surface area contributed by atoms with Gasteiger partial charge in [-0.05, 0) is 36.2 Å². The predicted molar refractivity (Wildman–Crippen MR) is 102 cm³/mol. The van der Waals surface area contributed by atoms with Gasteiger partial charge in [-0.2, -0.15) is 0 Å². The summed E-state index contributed by atoms with van der Waals surface area (Å²) in [6, 6.07) is 12.3. The summed E-state index contributed by atoms with van der Waals surface area (Å²) in [5, 5.41) is 3.40. The van der Waals surface area contributed by atoms with Crippen LogP contribution >= 0.6 is 27.5 Å². The number of rotatable bonds is 6. The summed E-state index contributed by atoms with van der Waals surface area (Å²) in [7, 11) is 0. The van der Waals surface area contributed by atoms with Crippen molar-refractivity contribution in [1.29, 1.82) is 0 Å². The van der Waals surface area contributed by atoms with Crippen molar-refractivity contribution in [2.75, 3.05) is 6.54 Å². The van der Waals surface area contributed by atoms with Crippen molar-refractivity contribution in [3.05, 3.63) is 68.7 Å². The molecule has 0 saturated heterocycles. The largest absolute Gasteiger partial charge is 0.352 e. The molecule has 1 heterocycles. The Labute approximate surface area is 164 Å². The average Bonchev–Trinajstić information content (AvgIpc) is 2.85. The molecule has 1 aliphatic heterocycles. The van der Waals surface area contributed by atoms with Crippen LogP contribution in [0, 0.1) is 0 Å². The van der Waals surface area contributed by atoms with Crippen molar-refractivity contribution in [3.8, 4) is 0 Å². The molecule has 3 rings (SSSR count). The summed E-state index contributed by atoms with van der Waals surface area (Å²) < 4.78 is 0.748. The van der Waals surface area contributed by atoms with Crippen molar-refractivity contribution in [2.45, 2.75) is 19.4 Å². The van der Waals surface area contributed by atoms with Gasteiger partial charge in [0.1, 0.15) is 0 Å². The molecule has 0 aliphatic carbocycles. The minimum Gasteiger partial charge on any atom is -0.352 e.